The van der Waals surface area contributed by atoms with Crippen LogP contribution in [0.25, 0.3) is 11.4 Å². The summed E-state index contributed by atoms with van der Waals surface area (Å²) < 4.78 is 8.41. The van der Waals surface area contributed by atoms with Gasteiger partial charge in [-0.3, -0.25) is 0 Å². The normalized spacial score (nSPS) is 17.3. The zero-order chi connectivity index (χ0) is 20.7. The summed E-state index contributed by atoms with van der Waals surface area (Å²) in [6.45, 7) is 0.575. The SMILES string of the molecule is c1ccc(COc2ccc(-c3nnc(C4(c5cccs5)CCC4)n3C3CC3)cc2)cc1. The molecule has 0 atom stereocenters. The van der Waals surface area contributed by atoms with Gasteiger partial charge in [0.2, 0.25) is 0 Å². The largest absolute Gasteiger partial charge is 0.489 e. The Morgan fingerprint density at radius 3 is 2.39 bits per heavy atom. The van der Waals surface area contributed by atoms with Crippen molar-refractivity contribution >= 4 is 11.3 Å². The number of ether oxygens (including phenoxy) is 1. The molecule has 0 aliphatic heterocycles. The highest BCUT2D eigenvalue weighted by Crippen LogP contribution is 2.52. The Morgan fingerprint density at radius 1 is 0.935 bits per heavy atom. The van der Waals surface area contributed by atoms with Gasteiger partial charge in [0, 0.05) is 16.5 Å². The highest BCUT2D eigenvalue weighted by atomic mass is 32.1. The molecule has 2 aromatic heterocycles. The maximum atomic E-state index is 5.97. The number of benzene rings is 2. The van der Waals surface area contributed by atoms with Gasteiger partial charge in [0.25, 0.3) is 0 Å². The molecule has 0 saturated heterocycles. The monoisotopic (exact) mass is 427 g/mol. The van der Waals surface area contributed by atoms with Crippen LogP contribution in [0.5, 0.6) is 5.75 Å². The predicted octanol–water partition coefficient (Wildman–Crippen LogP) is 6.39. The van der Waals surface area contributed by atoms with Crippen molar-refractivity contribution in [2.45, 2.75) is 50.2 Å². The molecule has 0 unspecified atom stereocenters. The molecule has 2 heterocycles. The molecule has 0 spiro atoms. The summed E-state index contributed by atoms with van der Waals surface area (Å²) in [5.41, 5.74) is 2.34. The second kappa shape index (κ2) is 7.65. The average molecular weight is 428 g/mol. The van der Waals surface area contributed by atoms with Crippen LogP contribution in [0.1, 0.15) is 54.4 Å². The second-order valence-electron chi connectivity index (χ2n) is 8.66. The average Bonchev–Trinajstić information content (AvgIpc) is 3.29. The Balaban J connectivity index is 1.29. The molecule has 2 aromatic carbocycles. The van der Waals surface area contributed by atoms with Gasteiger partial charge < -0.3 is 9.30 Å². The zero-order valence-corrected chi connectivity index (χ0v) is 18.2. The van der Waals surface area contributed by atoms with Crippen LogP contribution in [0.3, 0.4) is 0 Å². The summed E-state index contributed by atoms with van der Waals surface area (Å²) in [5.74, 6) is 3.04. The molecule has 2 aliphatic rings. The number of rotatable bonds is 7. The van der Waals surface area contributed by atoms with Crippen LogP contribution in [0.15, 0.2) is 72.1 Å². The lowest BCUT2D eigenvalue weighted by Crippen LogP contribution is -2.37. The Labute approximate surface area is 186 Å². The van der Waals surface area contributed by atoms with Crippen molar-refractivity contribution in [1.29, 1.82) is 0 Å². The Hall–Kier alpha value is -2.92. The van der Waals surface area contributed by atoms with Gasteiger partial charge in [-0.25, -0.2) is 0 Å². The molecule has 5 heteroatoms. The van der Waals surface area contributed by atoms with Gasteiger partial charge in [0.1, 0.15) is 18.2 Å². The molecule has 2 fully saturated rings. The first-order valence-electron chi connectivity index (χ1n) is 11.1. The molecule has 2 aliphatic carbocycles. The van der Waals surface area contributed by atoms with E-state index in [0.29, 0.717) is 12.6 Å². The van der Waals surface area contributed by atoms with E-state index in [0.717, 1.165) is 17.1 Å². The van der Waals surface area contributed by atoms with Gasteiger partial charge in [-0.05, 0) is 67.0 Å². The second-order valence-corrected chi connectivity index (χ2v) is 9.61. The smallest absolute Gasteiger partial charge is 0.164 e. The molecule has 156 valence electrons. The molecule has 6 rings (SSSR count). The van der Waals surface area contributed by atoms with E-state index in [1.165, 1.54) is 48.4 Å². The number of hydrogen-bond donors (Lipinski definition) is 0. The first-order valence-corrected chi connectivity index (χ1v) is 12.0. The van der Waals surface area contributed by atoms with E-state index in [4.69, 9.17) is 14.9 Å². The number of aromatic nitrogens is 3. The number of thiophene rings is 1. The van der Waals surface area contributed by atoms with Crippen molar-refractivity contribution < 1.29 is 4.74 Å². The van der Waals surface area contributed by atoms with E-state index in [1.807, 2.05) is 41.7 Å². The van der Waals surface area contributed by atoms with E-state index < -0.39 is 0 Å². The quantitative estimate of drug-likeness (QED) is 0.343. The Morgan fingerprint density at radius 2 is 1.74 bits per heavy atom. The molecule has 0 N–H and O–H groups in total. The Kier molecular flexibility index (Phi) is 4.64. The van der Waals surface area contributed by atoms with E-state index in [1.54, 1.807) is 0 Å². The lowest BCUT2D eigenvalue weighted by Gasteiger charge is -2.40. The van der Waals surface area contributed by atoms with Crippen LogP contribution in [-0.2, 0) is 12.0 Å². The minimum Gasteiger partial charge on any atom is -0.489 e. The Bertz CT molecular complexity index is 1160. The van der Waals surface area contributed by atoms with Crippen molar-refractivity contribution in [2.75, 3.05) is 0 Å². The van der Waals surface area contributed by atoms with Crippen LogP contribution < -0.4 is 4.74 Å². The van der Waals surface area contributed by atoms with Gasteiger partial charge in [0.15, 0.2) is 5.82 Å². The lowest BCUT2D eigenvalue weighted by molar-refractivity contribution is 0.280. The third kappa shape index (κ3) is 3.37. The molecule has 31 heavy (non-hydrogen) atoms. The molecule has 0 amide bonds. The van der Waals surface area contributed by atoms with Crippen LogP contribution in [0, 0.1) is 0 Å². The van der Waals surface area contributed by atoms with Crippen LogP contribution in [0.4, 0.5) is 0 Å². The summed E-state index contributed by atoms with van der Waals surface area (Å²) in [5, 5.41) is 11.7. The molecule has 0 bridgehead atoms. The van der Waals surface area contributed by atoms with Crippen LogP contribution in [-0.4, -0.2) is 14.8 Å². The molecule has 2 saturated carbocycles. The third-order valence-electron chi connectivity index (χ3n) is 6.60. The molecular formula is C26H25N3OS. The summed E-state index contributed by atoms with van der Waals surface area (Å²) in [4.78, 5) is 1.43. The van der Waals surface area contributed by atoms with Gasteiger partial charge in [0.05, 0.1) is 5.41 Å². The van der Waals surface area contributed by atoms with Gasteiger partial charge in [-0.15, -0.1) is 21.5 Å². The highest BCUT2D eigenvalue weighted by Gasteiger charge is 2.47. The fourth-order valence-electron chi connectivity index (χ4n) is 4.60. The van der Waals surface area contributed by atoms with Crippen LogP contribution in [0.2, 0.25) is 0 Å². The predicted molar refractivity (Wildman–Crippen MR) is 123 cm³/mol. The lowest BCUT2D eigenvalue weighted by atomic mass is 9.67. The minimum atomic E-state index is 0.0563. The summed E-state index contributed by atoms with van der Waals surface area (Å²) in [7, 11) is 0. The zero-order valence-electron chi connectivity index (χ0n) is 17.4. The van der Waals surface area contributed by atoms with Crippen molar-refractivity contribution in [3.05, 3.63) is 88.4 Å². The van der Waals surface area contributed by atoms with Crippen molar-refractivity contribution in [3.8, 4) is 17.1 Å². The van der Waals surface area contributed by atoms with Crippen molar-refractivity contribution in [2.24, 2.45) is 0 Å². The van der Waals surface area contributed by atoms with Gasteiger partial charge in [-0.2, -0.15) is 0 Å². The van der Waals surface area contributed by atoms with Crippen molar-refractivity contribution in [3.63, 3.8) is 0 Å². The fraction of sp³-hybridized carbons (Fsp3) is 0.308. The fourth-order valence-corrected chi connectivity index (χ4v) is 5.58. The molecule has 4 nitrogen and oxygen atoms in total. The van der Waals surface area contributed by atoms with E-state index in [-0.39, 0.29) is 5.41 Å². The summed E-state index contributed by atoms with van der Waals surface area (Å²) >= 11 is 1.85. The number of nitrogens with zero attached hydrogens (tertiary/aromatic N) is 3. The first kappa shape index (κ1) is 18.8. The summed E-state index contributed by atoms with van der Waals surface area (Å²) in [6, 6.07) is 23.5. The minimum absolute atomic E-state index is 0.0563. The maximum Gasteiger partial charge on any atom is 0.164 e. The van der Waals surface area contributed by atoms with Crippen molar-refractivity contribution in [1.82, 2.24) is 14.8 Å². The van der Waals surface area contributed by atoms with Gasteiger partial charge >= 0.3 is 0 Å². The van der Waals surface area contributed by atoms with E-state index in [9.17, 15) is 0 Å². The third-order valence-corrected chi connectivity index (χ3v) is 7.67. The molecular weight excluding hydrogens is 402 g/mol. The summed E-state index contributed by atoms with van der Waals surface area (Å²) in [6.07, 6.45) is 6.04. The maximum absolute atomic E-state index is 5.97. The molecule has 4 aromatic rings. The number of hydrogen-bond acceptors (Lipinski definition) is 4. The standard InChI is InChI=1S/C26H25N3OS/c1-2-6-19(7-3-1)18-30-22-13-9-20(10-14-22)24-27-28-25(29(24)21-11-12-21)26(15-5-16-26)23-8-4-17-31-23/h1-4,6-10,13-14,17,21H,5,11-12,15-16,18H2. The topological polar surface area (TPSA) is 39.9 Å². The van der Waals surface area contributed by atoms with Gasteiger partial charge in [-0.1, -0.05) is 42.8 Å². The van der Waals surface area contributed by atoms with E-state index >= 15 is 0 Å². The van der Waals surface area contributed by atoms with E-state index in [2.05, 4.69) is 46.3 Å². The molecule has 0 radical (unpaired) electrons. The first-order chi connectivity index (χ1) is 15.3. The van der Waals surface area contributed by atoms with Crippen LogP contribution >= 0.6 is 11.3 Å². The highest BCUT2D eigenvalue weighted by molar-refractivity contribution is 7.10.